The molecule has 2 fully saturated rings. The molecule has 0 radical (unpaired) electrons. The molecule has 4 heteroatoms. The van der Waals surface area contributed by atoms with Crippen LogP contribution in [-0.2, 0) is 0 Å². The molecular weight excluding hydrogens is 240 g/mol. The van der Waals surface area contributed by atoms with Crippen molar-refractivity contribution in [3.63, 3.8) is 0 Å². The molecule has 1 heterocycles. The number of fused-ring (bicyclic) bond motifs is 1. The molecule has 3 N–H and O–H groups in total. The van der Waals surface area contributed by atoms with E-state index in [9.17, 15) is 5.11 Å². The van der Waals surface area contributed by atoms with Crippen molar-refractivity contribution in [2.45, 2.75) is 18.9 Å². The average Bonchev–Trinajstić information content (AvgIpc) is 2.95. The number of ether oxygens (including phenoxy) is 1. The first-order chi connectivity index (χ1) is 9.22. The molecule has 3 unspecified atom stereocenters. The number of benzene rings is 1. The normalized spacial score (nSPS) is 30.5. The van der Waals surface area contributed by atoms with E-state index in [1.165, 1.54) is 6.42 Å². The fourth-order valence-corrected chi connectivity index (χ4v) is 3.37. The van der Waals surface area contributed by atoms with Gasteiger partial charge in [-0.25, -0.2) is 0 Å². The van der Waals surface area contributed by atoms with Gasteiger partial charge in [-0.1, -0.05) is 0 Å². The van der Waals surface area contributed by atoms with Crippen molar-refractivity contribution in [2.24, 2.45) is 11.8 Å². The van der Waals surface area contributed by atoms with Gasteiger partial charge in [0.2, 0.25) is 0 Å². The third-order valence-corrected chi connectivity index (χ3v) is 4.45. The van der Waals surface area contributed by atoms with Gasteiger partial charge in [0, 0.05) is 31.2 Å². The average molecular weight is 262 g/mol. The zero-order valence-corrected chi connectivity index (χ0v) is 11.2. The van der Waals surface area contributed by atoms with Gasteiger partial charge in [-0.2, -0.15) is 0 Å². The summed E-state index contributed by atoms with van der Waals surface area (Å²) in [5.74, 6) is 2.07. The molecule has 1 aliphatic carbocycles. The summed E-state index contributed by atoms with van der Waals surface area (Å²) in [5.41, 5.74) is 6.39. The van der Waals surface area contributed by atoms with Crippen LogP contribution < -0.4 is 10.5 Å². The van der Waals surface area contributed by atoms with Crippen LogP contribution in [0.4, 0.5) is 5.69 Å². The van der Waals surface area contributed by atoms with Crippen LogP contribution in [0.3, 0.4) is 0 Å². The SMILES string of the molecule is Nc1ccc(OCCN2CC3CCC(O)C3C2)cc1. The number of anilines is 1. The number of aliphatic hydroxyl groups excluding tert-OH is 1. The molecule has 19 heavy (non-hydrogen) atoms. The Morgan fingerprint density at radius 2 is 2.00 bits per heavy atom. The molecule has 3 rings (SSSR count). The zero-order chi connectivity index (χ0) is 13.2. The number of nitrogens with two attached hydrogens (primary N) is 1. The van der Waals surface area contributed by atoms with Crippen LogP contribution in [0, 0.1) is 11.8 Å². The summed E-state index contributed by atoms with van der Waals surface area (Å²) >= 11 is 0. The summed E-state index contributed by atoms with van der Waals surface area (Å²) in [7, 11) is 0. The molecule has 0 amide bonds. The van der Waals surface area contributed by atoms with Crippen molar-refractivity contribution >= 4 is 5.69 Å². The monoisotopic (exact) mass is 262 g/mol. The molecule has 0 bridgehead atoms. The molecule has 4 nitrogen and oxygen atoms in total. The van der Waals surface area contributed by atoms with Crippen molar-refractivity contribution in [1.29, 1.82) is 0 Å². The Labute approximate surface area is 114 Å². The van der Waals surface area contributed by atoms with Crippen molar-refractivity contribution in [1.82, 2.24) is 4.90 Å². The van der Waals surface area contributed by atoms with Crippen LogP contribution in [0.1, 0.15) is 12.8 Å². The largest absolute Gasteiger partial charge is 0.492 e. The predicted molar refractivity (Wildman–Crippen MR) is 75.0 cm³/mol. The van der Waals surface area contributed by atoms with Gasteiger partial charge in [0.25, 0.3) is 0 Å². The van der Waals surface area contributed by atoms with Gasteiger partial charge in [0.1, 0.15) is 12.4 Å². The lowest BCUT2D eigenvalue weighted by molar-refractivity contribution is 0.122. The molecule has 2 aliphatic rings. The molecule has 1 aromatic carbocycles. The third-order valence-electron chi connectivity index (χ3n) is 4.45. The van der Waals surface area contributed by atoms with E-state index in [0.717, 1.165) is 37.5 Å². The zero-order valence-electron chi connectivity index (χ0n) is 11.2. The first-order valence-electron chi connectivity index (χ1n) is 7.11. The first kappa shape index (κ1) is 12.8. The van der Waals surface area contributed by atoms with Crippen molar-refractivity contribution in [3.05, 3.63) is 24.3 Å². The molecule has 1 aliphatic heterocycles. The second-order valence-electron chi connectivity index (χ2n) is 5.75. The van der Waals surface area contributed by atoms with E-state index in [2.05, 4.69) is 4.90 Å². The topological polar surface area (TPSA) is 58.7 Å². The lowest BCUT2D eigenvalue weighted by Crippen LogP contribution is -2.28. The molecule has 104 valence electrons. The fraction of sp³-hybridized carbons (Fsp3) is 0.600. The van der Waals surface area contributed by atoms with Crippen LogP contribution in [0.5, 0.6) is 5.75 Å². The van der Waals surface area contributed by atoms with Crippen LogP contribution >= 0.6 is 0 Å². The Morgan fingerprint density at radius 1 is 1.21 bits per heavy atom. The second-order valence-corrected chi connectivity index (χ2v) is 5.75. The Hall–Kier alpha value is -1.26. The van der Waals surface area contributed by atoms with Crippen molar-refractivity contribution in [2.75, 3.05) is 32.0 Å². The Balaban J connectivity index is 1.43. The highest BCUT2D eigenvalue weighted by atomic mass is 16.5. The number of likely N-dealkylation sites (tertiary alicyclic amines) is 1. The van der Waals surface area contributed by atoms with E-state index in [0.29, 0.717) is 18.4 Å². The number of aliphatic hydroxyl groups is 1. The van der Waals surface area contributed by atoms with Crippen LogP contribution in [0.15, 0.2) is 24.3 Å². The molecule has 0 aromatic heterocycles. The first-order valence-corrected chi connectivity index (χ1v) is 7.11. The smallest absolute Gasteiger partial charge is 0.119 e. The quantitative estimate of drug-likeness (QED) is 0.804. The minimum absolute atomic E-state index is 0.0759. The van der Waals surface area contributed by atoms with Gasteiger partial charge in [-0.05, 0) is 43.0 Å². The maximum absolute atomic E-state index is 9.88. The molecule has 0 spiro atoms. The van der Waals surface area contributed by atoms with Crippen LogP contribution in [0.2, 0.25) is 0 Å². The minimum Gasteiger partial charge on any atom is -0.492 e. The number of rotatable bonds is 4. The highest BCUT2D eigenvalue weighted by Gasteiger charge is 2.41. The van der Waals surface area contributed by atoms with E-state index in [-0.39, 0.29) is 6.10 Å². The third kappa shape index (κ3) is 2.85. The molecule has 1 saturated heterocycles. The van der Waals surface area contributed by atoms with Crippen LogP contribution in [0.25, 0.3) is 0 Å². The van der Waals surface area contributed by atoms with E-state index < -0.39 is 0 Å². The summed E-state index contributed by atoms with van der Waals surface area (Å²) in [4.78, 5) is 2.41. The number of hydrogen-bond donors (Lipinski definition) is 2. The minimum atomic E-state index is -0.0759. The fourth-order valence-electron chi connectivity index (χ4n) is 3.37. The maximum Gasteiger partial charge on any atom is 0.119 e. The summed E-state index contributed by atoms with van der Waals surface area (Å²) in [5, 5.41) is 9.88. The van der Waals surface area contributed by atoms with E-state index in [1.807, 2.05) is 24.3 Å². The Kier molecular flexibility index (Phi) is 3.62. The number of nitrogens with zero attached hydrogens (tertiary/aromatic N) is 1. The van der Waals surface area contributed by atoms with Gasteiger partial charge in [-0.15, -0.1) is 0 Å². The molecule has 3 atom stereocenters. The number of hydrogen-bond acceptors (Lipinski definition) is 4. The predicted octanol–water partition coefficient (Wildman–Crippen LogP) is 1.35. The van der Waals surface area contributed by atoms with E-state index in [4.69, 9.17) is 10.5 Å². The summed E-state index contributed by atoms with van der Waals surface area (Å²) in [6.45, 7) is 3.77. The van der Waals surface area contributed by atoms with Gasteiger partial charge < -0.3 is 15.6 Å². The summed E-state index contributed by atoms with van der Waals surface area (Å²) in [6.07, 6.45) is 2.10. The van der Waals surface area contributed by atoms with Gasteiger partial charge in [0.05, 0.1) is 6.10 Å². The van der Waals surface area contributed by atoms with Gasteiger partial charge in [0.15, 0.2) is 0 Å². The molecule has 1 aromatic rings. The summed E-state index contributed by atoms with van der Waals surface area (Å²) < 4.78 is 5.71. The lowest BCUT2D eigenvalue weighted by Gasteiger charge is -2.18. The number of nitrogen functional groups attached to an aromatic ring is 1. The van der Waals surface area contributed by atoms with Crippen LogP contribution in [-0.4, -0.2) is 42.4 Å². The maximum atomic E-state index is 9.88. The second kappa shape index (κ2) is 5.39. The molecular formula is C15H22N2O2. The van der Waals surface area contributed by atoms with E-state index in [1.54, 1.807) is 0 Å². The van der Waals surface area contributed by atoms with E-state index >= 15 is 0 Å². The van der Waals surface area contributed by atoms with Gasteiger partial charge >= 0.3 is 0 Å². The summed E-state index contributed by atoms with van der Waals surface area (Å²) in [6, 6.07) is 7.51. The van der Waals surface area contributed by atoms with Gasteiger partial charge in [-0.3, -0.25) is 4.90 Å². The lowest BCUT2D eigenvalue weighted by atomic mass is 10.00. The Morgan fingerprint density at radius 3 is 2.74 bits per heavy atom. The standard InChI is InChI=1S/C15H22N2O2/c16-12-2-4-13(5-3-12)19-8-7-17-9-11-1-6-15(18)14(11)10-17/h2-5,11,14-15,18H,1,6-10,16H2. The highest BCUT2D eigenvalue weighted by Crippen LogP contribution is 2.37. The van der Waals surface area contributed by atoms with Crippen molar-refractivity contribution in [3.8, 4) is 5.75 Å². The van der Waals surface area contributed by atoms with Crippen molar-refractivity contribution < 1.29 is 9.84 Å². The molecule has 1 saturated carbocycles. The Bertz CT molecular complexity index is 421. The highest BCUT2D eigenvalue weighted by molar-refractivity contribution is 5.41.